The van der Waals surface area contributed by atoms with Gasteiger partial charge >= 0.3 is 0 Å². The van der Waals surface area contributed by atoms with Crippen molar-refractivity contribution in [3.05, 3.63) is 29.8 Å². The van der Waals surface area contributed by atoms with Gasteiger partial charge in [0, 0.05) is 6.04 Å². The Labute approximate surface area is 117 Å². The fourth-order valence-corrected chi connectivity index (χ4v) is 2.38. The predicted molar refractivity (Wildman–Crippen MR) is 80.7 cm³/mol. The number of nitrogens with one attached hydrogen (secondary N) is 1. The number of rotatable bonds is 5. The fourth-order valence-electron chi connectivity index (χ4n) is 2.38. The summed E-state index contributed by atoms with van der Waals surface area (Å²) in [5, 5.41) is 3.29. The molecular formula is C17H27NO. The summed E-state index contributed by atoms with van der Waals surface area (Å²) < 4.78 is 6.01. The van der Waals surface area contributed by atoms with Crippen LogP contribution < -0.4 is 10.1 Å². The van der Waals surface area contributed by atoms with Crippen LogP contribution in [0.2, 0.25) is 0 Å². The van der Waals surface area contributed by atoms with Gasteiger partial charge in [0.25, 0.3) is 0 Å². The maximum absolute atomic E-state index is 6.01. The van der Waals surface area contributed by atoms with Gasteiger partial charge in [-0.05, 0) is 55.8 Å². The highest BCUT2D eigenvalue weighted by Gasteiger charge is 2.29. The van der Waals surface area contributed by atoms with Gasteiger partial charge < -0.3 is 10.1 Å². The van der Waals surface area contributed by atoms with Crippen LogP contribution >= 0.6 is 0 Å². The Kier molecular flexibility index (Phi) is 4.51. The van der Waals surface area contributed by atoms with Gasteiger partial charge in [-0.1, -0.05) is 32.9 Å². The first kappa shape index (κ1) is 14.4. The van der Waals surface area contributed by atoms with E-state index < -0.39 is 0 Å². The monoisotopic (exact) mass is 261 g/mol. The molecule has 1 aliphatic carbocycles. The summed E-state index contributed by atoms with van der Waals surface area (Å²) in [6, 6.07) is 9.25. The van der Waals surface area contributed by atoms with Crippen LogP contribution in [0.4, 0.5) is 0 Å². The smallest absolute Gasteiger partial charge is 0.119 e. The molecule has 1 aromatic rings. The maximum Gasteiger partial charge on any atom is 0.119 e. The summed E-state index contributed by atoms with van der Waals surface area (Å²) >= 11 is 0. The normalized spacial score (nSPS) is 22.9. The number of hydrogen-bond acceptors (Lipinski definition) is 2. The highest BCUT2D eigenvalue weighted by atomic mass is 16.5. The molecule has 2 rings (SSSR count). The molecule has 0 unspecified atom stereocenters. The molecule has 0 aliphatic heterocycles. The van der Waals surface area contributed by atoms with Crippen LogP contribution in [0, 0.1) is 5.41 Å². The van der Waals surface area contributed by atoms with E-state index in [0.717, 1.165) is 25.0 Å². The lowest BCUT2D eigenvalue weighted by Gasteiger charge is -2.35. The Morgan fingerprint density at radius 2 is 2.00 bits per heavy atom. The summed E-state index contributed by atoms with van der Waals surface area (Å²) in [6.45, 7) is 6.87. The molecule has 0 saturated heterocycles. The molecule has 1 N–H and O–H groups in total. The molecule has 106 valence electrons. The average Bonchev–Trinajstić information content (AvgIpc) is 2.30. The Balaban J connectivity index is 1.85. The van der Waals surface area contributed by atoms with Crippen molar-refractivity contribution in [2.24, 2.45) is 5.41 Å². The highest BCUT2D eigenvalue weighted by Crippen LogP contribution is 2.27. The topological polar surface area (TPSA) is 21.3 Å². The first-order valence-electron chi connectivity index (χ1n) is 7.39. The summed E-state index contributed by atoms with van der Waals surface area (Å²) in [4.78, 5) is 0. The van der Waals surface area contributed by atoms with Crippen molar-refractivity contribution < 1.29 is 4.74 Å². The molecule has 19 heavy (non-hydrogen) atoms. The molecule has 0 radical (unpaired) electrons. The summed E-state index contributed by atoms with van der Waals surface area (Å²) in [5.74, 6) is 1.03. The second kappa shape index (κ2) is 5.96. The van der Waals surface area contributed by atoms with Crippen LogP contribution in [-0.4, -0.2) is 19.2 Å². The maximum atomic E-state index is 6.01. The second-order valence-electron chi connectivity index (χ2n) is 6.90. The van der Waals surface area contributed by atoms with E-state index >= 15 is 0 Å². The summed E-state index contributed by atoms with van der Waals surface area (Å²) in [7, 11) is 2.02. The minimum absolute atomic E-state index is 0.394. The molecule has 0 spiro atoms. The second-order valence-corrected chi connectivity index (χ2v) is 6.90. The number of hydrogen-bond donors (Lipinski definition) is 1. The predicted octanol–water partition coefficient (Wildman–Crippen LogP) is 3.79. The van der Waals surface area contributed by atoms with Crippen LogP contribution in [0.5, 0.6) is 5.75 Å². The third-order valence-corrected chi connectivity index (χ3v) is 3.87. The summed E-state index contributed by atoms with van der Waals surface area (Å²) in [5.41, 5.74) is 1.78. The van der Waals surface area contributed by atoms with Crippen molar-refractivity contribution in [1.82, 2.24) is 5.32 Å². The summed E-state index contributed by atoms with van der Waals surface area (Å²) in [6.07, 6.45) is 4.99. The zero-order valence-electron chi connectivity index (χ0n) is 12.7. The van der Waals surface area contributed by atoms with Gasteiger partial charge in [-0.25, -0.2) is 0 Å². The zero-order chi connectivity index (χ0) is 13.9. The van der Waals surface area contributed by atoms with Gasteiger partial charge in [0.05, 0.1) is 0 Å². The molecule has 0 aromatic heterocycles. The fraction of sp³-hybridized carbons (Fsp3) is 0.647. The number of aryl methyl sites for hydroxylation is 1. The van der Waals surface area contributed by atoms with Gasteiger partial charge in [0.15, 0.2) is 0 Å². The minimum Gasteiger partial charge on any atom is -0.490 e. The molecule has 1 saturated carbocycles. The SMILES string of the molecule is CNC1CC(Oc2cccc(CCC(C)(C)C)c2)C1. The van der Waals surface area contributed by atoms with Gasteiger partial charge in [0.2, 0.25) is 0 Å². The molecule has 0 amide bonds. The Hall–Kier alpha value is -1.02. The van der Waals surface area contributed by atoms with E-state index in [9.17, 15) is 0 Å². The molecule has 0 heterocycles. The first-order valence-corrected chi connectivity index (χ1v) is 7.39. The van der Waals surface area contributed by atoms with Crippen LogP contribution in [0.25, 0.3) is 0 Å². The molecule has 1 fully saturated rings. The third-order valence-electron chi connectivity index (χ3n) is 3.87. The minimum atomic E-state index is 0.394. The lowest BCUT2D eigenvalue weighted by atomic mass is 9.88. The lowest BCUT2D eigenvalue weighted by molar-refractivity contribution is 0.0884. The van der Waals surface area contributed by atoms with Crippen LogP contribution in [0.1, 0.15) is 45.6 Å². The largest absolute Gasteiger partial charge is 0.490 e. The van der Waals surface area contributed by atoms with Gasteiger partial charge in [-0.15, -0.1) is 0 Å². The lowest BCUT2D eigenvalue weighted by Crippen LogP contribution is -2.45. The molecule has 2 nitrogen and oxygen atoms in total. The van der Waals surface area contributed by atoms with Crippen molar-refractivity contribution in [3.8, 4) is 5.75 Å². The molecule has 1 aliphatic rings. The molecule has 1 aromatic carbocycles. The van der Waals surface area contributed by atoms with Crippen molar-refractivity contribution in [1.29, 1.82) is 0 Å². The van der Waals surface area contributed by atoms with Gasteiger partial charge in [-0.3, -0.25) is 0 Å². The van der Waals surface area contributed by atoms with E-state index in [0.29, 0.717) is 17.6 Å². The molecule has 0 bridgehead atoms. The average molecular weight is 261 g/mol. The van der Waals surface area contributed by atoms with E-state index in [4.69, 9.17) is 4.74 Å². The Bertz CT molecular complexity index is 402. The van der Waals surface area contributed by atoms with Crippen LogP contribution in [0.15, 0.2) is 24.3 Å². The van der Waals surface area contributed by atoms with E-state index in [1.54, 1.807) is 0 Å². The van der Waals surface area contributed by atoms with Crippen LogP contribution in [-0.2, 0) is 6.42 Å². The molecule has 2 heteroatoms. The Morgan fingerprint density at radius 1 is 1.26 bits per heavy atom. The van der Waals surface area contributed by atoms with E-state index in [1.165, 1.54) is 12.0 Å². The van der Waals surface area contributed by atoms with E-state index in [2.05, 4.69) is 50.4 Å². The first-order chi connectivity index (χ1) is 8.96. The zero-order valence-corrected chi connectivity index (χ0v) is 12.7. The van der Waals surface area contributed by atoms with Gasteiger partial charge in [-0.2, -0.15) is 0 Å². The van der Waals surface area contributed by atoms with E-state index in [-0.39, 0.29) is 0 Å². The van der Waals surface area contributed by atoms with Gasteiger partial charge in [0.1, 0.15) is 11.9 Å². The van der Waals surface area contributed by atoms with Crippen molar-refractivity contribution in [2.45, 2.75) is 58.6 Å². The molecule has 0 atom stereocenters. The third kappa shape index (κ3) is 4.54. The molecular weight excluding hydrogens is 234 g/mol. The highest BCUT2D eigenvalue weighted by molar-refractivity contribution is 5.29. The van der Waals surface area contributed by atoms with Crippen molar-refractivity contribution in [3.63, 3.8) is 0 Å². The van der Waals surface area contributed by atoms with Crippen molar-refractivity contribution >= 4 is 0 Å². The Morgan fingerprint density at radius 3 is 2.63 bits per heavy atom. The van der Waals surface area contributed by atoms with Crippen LogP contribution in [0.3, 0.4) is 0 Å². The quantitative estimate of drug-likeness (QED) is 0.870. The van der Waals surface area contributed by atoms with Crippen molar-refractivity contribution in [2.75, 3.05) is 7.05 Å². The number of benzene rings is 1. The number of ether oxygens (including phenoxy) is 1. The standard InChI is InChI=1S/C17H27NO/c1-17(2,3)9-8-13-6-5-7-15(10-13)19-16-11-14(12-16)18-4/h5-7,10,14,16,18H,8-9,11-12H2,1-4H3. The van der Waals surface area contributed by atoms with E-state index in [1.807, 2.05) is 7.05 Å².